The summed E-state index contributed by atoms with van der Waals surface area (Å²) in [7, 11) is -7.34. The number of rotatable bonds is 1. The van der Waals surface area contributed by atoms with Crippen LogP contribution in [-0.4, -0.2) is 26.7 Å². The lowest BCUT2D eigenvalue weighted by Crippen LogP contribution is -1.87. The molecule has 0 rings (SSSR count). The first-order valence-electron chi connectivity index (χ1n) is 2.01. The first-order valence-corrected chi connectivity index (χ1v) is 5.23. The summed E-state index contributed by atoms with van der Waals surface area (Å²) < 4.78 is 22.2. The van der Waals surface area contributed by atoms with Crippen LogP contribution in [0, 0.1) is 0 Å². The Morgan fingerprint density at radius 3 is 1.27 bits per heavy atom. The zero-order chi connectivity index (χ0) is 9.71. The van der Waals surface area contributed by atoms with E-state index in [9.17, 15) is 4.57 Å². The minimum Gasteiger partial charge on any atom is -0.313 e. The number of phosphoric acid groups is 1. The zero-order valence-corrected chi connectivity index (χ0v) is 7.27. The molecule has 70 valence electrons. The molecule has 0 spiro atoms. The van der Waals surface area contributed by atoms with Gasteiger partial charge in [-0.1, -0.05) is 0 Å². The van der Waals surface area contributed by atoms with Crippen LogP contribution in [0.5, 0.6) is 0 Å². The second-order valence-corrected chi connectivity index (χ2v) is 3.79. The number of nitrogens with two attached hydrogens (primary N) is 1. The highest BCUT2D eigenvalue weighted by atomic mass is 31.2. The molecule has 0 heterocycles. The molecule has 0 aromatic heterocycles. The van der Waals surface area contributed by atoms with Crippen molar-refractivity contribution in [1.82, 2.24) is 0 Å². The first-order chi connectivity index (χ1) is 4.56. The molecule has 0 aliphatic carbocycles. The minimum atomic E-state index is -4.15. The van der Waals surface area contributed by atoms with Gasteiger partial charge in [-0.05, 0) is 0 Å². The molecule has 0 aromatic rings. The lowest BCUT2D eigenvalue weighted by Gasteiger charge is -1.93. The summed E-state index contributed by atoms with van der Waals surface area (Å²) >= 11 is 0. The SMILES string of the molecule is COP(=O)(O)O.NP(=O)(O)O. The Kier molecular flexibility index (Phi) is 6.23. The molecule has 0 aliphatic heterocycles. The molecule has 0 bridgehead atoms. The van der Waals surface area contributed by atoms with Crippen molar-refractivity contribution >= 4 is 15.6 Å². The molecule has 6 N–H and O–H groups in total. The molecule has 0 saturated carbocycles. The van der Waals surface area contributed by atoms with Crippen molar-refractivity contribution in [3.05, 3.63) is 0 Å². The van der Waals surface area contributed by atoms with Crippen molar-refractivity contribution in [3.8, 4) is 0 Å². The van der Waals surface area contributed by atoms with Crippen molar-refractivity contribution in [3.63, 3.8) is 0 Å². The van der Waals surface area contributed by atoms with Gasteiger partial charge in [0, 0.05) is 7.11 Å². The van der Waals surface area contributed by atoms with Crippen molar-refractivity contribution in [2.45, 2.75) is 0 Å². The van der Waals surface area contributed by atoms with Crippen LogP contribution in [-0.2, 0) is 13.7 Å². The molecule has 0 radical (unpaired) electrons. The van der Waals surface area contributed by atoms with E-state index in [0.29, 0.717) is 0 Å². The topological polar surface area (TPSA) is 150 Å². The number of hydrogen-bond donors (Lipinski definition) is 5. The van der Waals surface area contributed by atoms with Gasteiger partial charge >= 0.3 is 15.6 Å². The average molecular weight is 209 g/mol. The van der Waals surface area contributed by atoms with Crippen LogP contribution >= 0.6 is 15.6 Å². The summed E-state index contributed by atoms with van der Waals surface area (Å²) in [4.78, 5) is 30.2. The molecule has 0 fully saturated rings. The van der Waals surface area contributed by atoms with Gasteiger partial charge in [-0.2, -0.15) is 0 Å². The van der Waals surface area contributed by atoms with Gasteiger partial charge in [-0.15, -0.1) is 0 Å². The van der Waals surface area contributed by atoms with Gasteiger partial charge in [0.2, 0.25) is 0 Å². The quantitative estimate of drug-likeness (QED) is 0.336. The van der Waals surface area contributed by atoms with Gasteiger partial charge < -0.3 is 19.6 Å². The van der Waals surface area contributed by atoms with E-state index >= 15 is 0 Å². The molecule has 0 amide bonds. The largest absolute Gasteiger partial charge is 0.469 e. The monoisotopic (exact) mass is 209 g/mol. The lowest BCUT2D eigenvalue weighted by atomic mass is 11.8. The Hall–Kier alpha value is 0.220. The molecule has 0 aliphatic rings. The predicted octanol–water partition coefficient (Wildman–Crippen LogP) is -1.24. The third-order valence-electron chi connectivity index (χ3n) is 0.238. The van der Waals surface area contributed by atoms with Crippen LogP contribution < -0.4 is 5.50 Å². The first kappa shape index (κ1) is 13.8. The normalized spacial score (nSPS) is 11.8. The van der Waals surface area contributed by atoms with E-state index in [4.69, 9.17) is 24.1 Å². The Morgan fingerprint density at radius 1 is 1.18 bits per heavy atom. The summed E-state index contributed by atoms with van der Waals surface area (Å²) in [6.45, 7) is 0. The maximum Gasteiger partial charge on any atom is 0.469 e. The lowest BCUT2D eigenvalue weighted by molar-refractivity contribution is 0.235. The second kappa shape index (κ2) is 4.97. The van der Waals surface area contributed by atoms with E-state index in [-0.39, 0.29) is 0 Å². The van der Waals surface area contributed by atoms with Crippen molar-refractivity contribution in [2.24, 2.45) is 5.50 Å². The Labute approximate surface area is 62.4 Å². The Balaban J connectivity index is 0. The van der Waals surface area contributed by atoms with Crippen LogP contribution in [0.3, 0.4) is 0 Å². The molecule has 11 heavy (non-hydrogen) atoms. The average Bonchev–Trinajstić information content (AvgIpc) is 1.59. The van der Waals surface area contributed by atoms with Crippen LogP contribution in [0.1, 0.15) is 0 Å². The molecule has 0 aromatic carbocycles. The van der Waals surface area contributed by atoms with E-state index in [1.807, 2.05) is 0 Å². The molecule has 0 unspecified atom stereocenters. The van der Waals surface area contributed by atoms with Gasteiger partial charge in [-0.25, -0.2) is 14.6 Å². The number of hydrogen-bond acceptors (Lipinski definition) is 3. The maximum atomic E-state index is 9.47. The fourth-order valence-electron chi connectivity index (χ4n) is 0. The van der Waals surface area contributed by atoms with Crippen molar-refractivity contribution < 1.29 is 33.2 Å². The Bertz CT molecular complexity index is 169. The molecule has 0 saturated heterocycles. The molecule has 8 nitrogen and oxygen atoms in total. The summed E-state index contributed by atoms with van der Waals surface area (Å²) in [5.74, 6) is 0. The van der Waals surface area contributed by atoms with E-state index < -0.39 is 15.6 Å². The molecular formula is CH9NO7P2. The smallest absolute Gasteiger partial charge is 0.313 e. The van der Waals surface area contributed by atoms with Crippen molar-refractivity contribution in [2.75, 3.05) is 7.11 Å². The van der Waals surface area contributed by atoms with E-state index in [2.05, 4.69) is 10.0 Å². The van der Waals surface area contributed by atoms with Crippen LogP contribution in [0.15, 0.2) is 0 Å². The summed E-state index contributed by atoms with van der Waals surface area (Å²) in [6.07, 6.45) is 0. The fourth-order valence-corrected chi connectivity index (χ4v) is 0. The standard InChI is InChI=1S/CH5O4P.H4NO3P/c1-5-6(2,3)4;1-5(2,3)4/h1H3,(H2,2,3,4);(H4,1,2,3,4). The fraction of sp³-hybridized carbons (Fsp3) is 1.00. The van der Waals surface area contributed by atoms with E-state index in [0.717, 1.165) is 7.11 Å². The zero-order valence-electron chi connectivity index (χ0n) is 5.49. The van der Waals surface area contributed by atoms with Gasteiger partial charge in [0.15, 0.2) is 0 Å². The van der Waals surface area contributed by atoms with Crippen LogP contribution in [0.2, 0.25) is 0 Å². The summed E-state index contributed by atoms with van der Waals surface area (Å²) in [6, 6.07) is 0. The van der Waals surface area contributed by atoms with Gasteiger partial charge in [-0.3, -0.25) is 4.52 Å². The summed E-state index contributed by atoms with van der Waals surface area (Å²) in [5.41, 5.74) is 4.02. The molecule has 10 heteroatoms. The van der Waals surface area contributed by atoms with Crippen LogP contribution in [0.25, 0.3) is 0 Å². The molecular weight excluding hydrogens is 200 g/mol. The highest BCUT2D eigenvalue weighted by molar-refractivity contribution is 7.49. The Morgan fingerprint density at radius 2 is 1.27 bits per heavy atom. The third-order valence-corrected chi connectivity index (χ3v) is 0.714. The minimum absolute atomic E-state index is 0.945. The molecule has 0 atom stereocenters. The number of phosphoric ester groups is 1. The van der Waals surface area contributed by atoms with Gasteiger partial charge in [0.25, 0.3) is 0 Å². The van der Waals surface area contributed by atoms with E-state index in [1.54, 1.807) is 0 Å². The van der Waals surface area contributed by atoms with E-state index in [1.165, 1.54) is 0 Å². The highest BCUT2D eigenvalue weighted by Crippen LogP contribution is 2.33. The predicted molar refractivity (Wildman–Crippen MR) is 35.3 cm³/mol. The van der Waals surface area contributed by atoms with Gasteiger partial charge in [0.1, 0.15) is 0 Å². The highest BCUT2D eigenvalue weighted by Gasteiger charge is 2.07. The van der Waals surface area contributed by atoms with Crippen LogP contribution in [0.4, 0.5) is 0 Å². The third kappa shape index (κ3) is 66.6. The van der Waals surface area contributed by atoms with Crippen molar-refractivity contribution in [1.29, 1.82) is 0 Å². The second-order valence-electron chi connectivity index (χ2n) is 1.26. The maximum absolute atomic E-state index is 9.47. The summed E-state index contributed by atoms with van der Waals surface area (Å²) in [5, 5.41) is 0. The van der Waals surface area contributed by atoms with Gasteiger partial charge in [0.05, 0.1) is 0 Å².